The Kier molecular flexibility index (Phi) is 6.04. The molecule has 2 heterocycles. The minimum absolute atomic E-state index is 0.0499. The van der Waals surface area contributed by atoms with Crippen LogP contribution in [0.5, 0.6) is 0 Å². The van der Waals surface area contributed by atoms with E-state index < -0.39 is 0 Å². The first kappa shape index (κ1) is 18.3. The van der Waals surface area contributed by atoms with E-state index in [9.17, 15) is 0 Å². The highest BCUT2D eigenvalue weighted by molar-refractivity contribution is 9.10. The lowest BCUT2D eigenvalue weighted by Gasteiger charge is -2.38. The zero-order valence-corrected chi connectivity index (χ0v) is 16.6. The van der Waals surface area contributed by atoms with E-state index in [1.54, 1.807) is 6.20 Å². The Labute approximate surface area is 162 Å². The molecule has 0 unspecified atom stereocenters. The van der Waals surface area contributed by atoms with E-state index in [0.29, 0.717) is 5.11 Å². The number of thiocarbonyl (C=S) groups is 1. The van der Waals surface area contributed by atoms with Crippen LogP contribution in [0.4, 0.5) is 5.82 Å². The highest BCUT2D eigenvalue weighted by Crippen LogP contribution is 2.34. The van der Waals surface area contributed by atoms with Gasteiger partial charge < -0.3 is 15.4 Å². The first-order chi connectivity index (χ1) is 12.1. The van der Waals surface area contributed by atoms with Crippen molar-refractivity contribution >= 4 is 39.1 Å². The summed E-state index contributed by atoms with van der Waals surface area (Å²) in [6, 6.07) is 12.6. The highest BCUT2D eigenvalue weighted by Gasteiger charge is 2.34. The molecule has 3 rings (SSSR count). The smallest absolute Gasteiger partial charge is 0.171 e. The van der Waals surface area contributed by atoms with Crippen molar-refractivity contribution in [2.45, 2.75) is 25.2 Å². The number of pyridine rings is 1. The summed E-state index contributed by atoms with van der Waals surface area (Å²) in [5, 5.41) is 7.16. The van der Waals surface area contributed by atoms with E-state index in [2.05, 4.69) is 61.9 Å². The number of nitrogens with zero attached hydrogens (tertiary/aromatic N) is 1. The molecule has 132 valence electrons. The molecule has 2 N–H and O–H groups in total. The average molecular weight is 420 g/mol. The van der Waals surface area contributed by atoms with E-state index in [4.69, 9.17) is 17.0 Å². The maximum Gasteiger partial charge on any atom is 0.171 e. The van der Waals surface area contributed by atoms with Gasteiger partial charge in [0, 0.05) is 35.8 Å². The molecule has 2 aromatic rings. The third kappa shape index (κ3) is 4.57. The van der Waals surface area contributed by atoms with Gasteiger partial charge in [-0.1, -0.05) is 30.3 Å². The second kappa shape index (κ2) is 8.25. The number of anilines is 1. The van der Waals surface area contributed by atoms with Gasteiger partial charge in [-0.05, 0) is 65.1 Å². The lowest BCUT2D eigenvalue weighted by Crippen LogP contribution is -2.45. The molecular formula is C19H22BrN3OS. The zero-order valence-electron chi connectivity index (χ0n) is 14.2. The number of aryl methyl sites for hydroxylation is 1. The van der Waals surface area contributed by atoms with Gasteiger partial charge in [-0.3, -0.25) is 0 Å². The van der Waals surface area contributed by atoms with Gasteiger partial charge in [0.1, 0.15) is 5.82 Å². The standard InChI is InChI=1S/C19H22BrN3OS/c1-14-11-17(21-12-16(14)20)23-18(25)22-13-19(7-9-24-10-8-19)15-5-3-2-4-6-15/h2-6,11-12H,7-10,13H2,1H3,(H2,21,22,23,25). The topological polar surface area (TPSA) is 46.2 Å². The van der Waals surface area contributed by atoms with Crippen molar-refractivity contribution in [3.05, 3.63) is 58.2 Å². The fraction of sp³-hybridized carbons (Fsp3) is 0.368. The molecule has 1 fully saturated rings. The Morgan fingerprint density at radius 2 is 2.00 bits per heavy atom. The maximum atomic E-state index is 5.58. The molecule has 1 aliphatic rings. The van der Waals surface area contributed by atoms with Crippen LogP contribution in [0.1, 0.15) is 24.0 Å². The summed E-state index contributed by atoms with van der Waals surface area (Å²) < 4.78 is 6.57. The fourth-order valence-corrected chi connectivity index (χ4v) is 3.53. The molecule has 0 radical (unpaired) electrons. The molecule has 0 spiro atoms. The normalized spacial score (nSPS) is 16.2. The van der Waals surface area contributed by atoms with Gasteiger partial charge >= 0.3 is 0 Å². The van der Waals surface area contributed by atoms with Crippen molar-refractivity contribution in [2.24, 2.45) is 0 Å². The minimum Gasteiger partial charge on any atom is -0.381 e. The number of hydrogen-bond acceptors (Lipinski definition) is 3. The van der Waals surface area contributed by atoms with Crippen molar-refractivity contribution in [2.75, 3.05) is 25.1 Å². The van der Waals surface area contributed by atoms with Crippen LogP contribution < -0.4 is 10.6 Å². The molecule has 0 bridgehead atoms. The number of hydrogen-bond donors (Lipinski definition) is 2. The molecule has 0 saturated carbocycles. The molecule has 0 amide bonds. The largest absolute Gasteiger partial charge is 0.381 e. The predicted octanol–water partition coefficient (Wildman–Crippen LogP) is 4.19. The van der Waals surface area contributed by atoms with Crippen LogP contribution in [-0.4, -0.2) is 29.9 Å². The molecular weight excluding hydrogens is 398 g/mol. The van der Waals surface area contributed by atoms with Crippen molar-refractivity contribution < 1.29 is 4.74 Å². The first-order valence-corrected chi connectivity index (χ1v) is 9.59. The number of halogens is 1. The Bertz CT molecular complexity index is 733. The van der Waals surface area contributed by atoms with Crippen molar-refractivity contribution in [1.29, 1.82) is 0 Å². The second-order valence-electron chi connectivity index (χ2n) is 6.39. The number of ether oxygens (including phenoxy) is 1. The summed E-state index contributed by atoms with van der Waals surface area (Å²) in [7, 11) is 0. The summed E-state index contributed by atoms with van der Waals surface area (Å²) in [6.07, 6.45) is 3.76. The van der Waals surface area contributed by atoms with Crippen LogP contribution in [0, 0.1) is 6.92 Å². The van der Waals surface area contributed by atoms with Crippen LogP contribution in [0.15, 0.2) is 47.1 Å². The molecule has 0 atom stereocenters. The predicted molar refractivity (Wildman–Crippen MR) is 109 cm³/mol. The number of aromatic nitrogens is 1. The van der Waals surface area contributed by atoms with Crippen LogP contribution >= 0.6 is 28.1 Å². The van der Waals surface area contributed by atoms with Gasteiger partial charge in [-0.2, -0.15) is 0 Å². The van der Waals surface area contributed by atoms with E-state index in [0.717, 1.165) is 48.5 Å². The highest BCUT2D eigenvalue weighted by atomic mass is 79.9. The van der Waals surface area contributed by atoms with Crippen molar-refractivity contribution in [3.63, 3.8) is 0 Å². The number of rotatable bonds is 4. The van der Waals surface area contributed by atoms with Crippen LogP contribution in [0.2, 0.25) is 0 Å². The Morgan fingerprint density at radius 1 is 1.28 bits per heavy atom. The molecule has 1 aliphatic heterocycles. The summed E-state index contributed by atoms with van der Waals surface area (Å²) in [6.45, 7) is 4.37. The van der Waals surface area contributed by atoms with E-state index in [-0.39, 0.29) is 5.41 Å². The average Bonchev–Trinajstić information content (AvgIpc) is 2.65. The minimum atomic E-state index is 0.0499. The third-order valence-corrected chi connectivity index (χ3v) is 5.79. The van der Waals surface area contributed by atoms with Crippen molar-refractivity contribution in [1.82, 2.24) is 10.3 Å². The van der Waals surface area contributed by atoms with Gasteiger partial charge in [0.05, 0.1) is 0 Å². The van der Waals surface area contributed by atoms with E-state index in [1.807, 2.05) is 13.0 Å². The number of benzene rings is 1. The lowest BCUT2D eigenvalue weighted by atomic mass is 9.74. The summed E-state index contributed by atoms with van der Waals surface area (Å²) in [4.78, 5) is 4.34. The van der Waals surface area contributed by atoms with E-state index in [1.165, 1.54) is 5.56 Å². The van der Waals surface area contributed by atoms with Crippen molar-refractivity contribution in [3.8, 4) is 0 Å². The Balaban J connectivity index is 1.66. The summed E-state index contributed by atoms with van der Waals surface area (Å²) in [5.74, 6) is 0.749. The van der Waals surface area contributed by atoms with Gasteiger partial charge in [-0.15, -0.1) is 0 Å². The van der Waals surface area contributed by atoms with E-state index >= 15 is 0 Å². The maximum absolute atomic E-state index is 5.58. The SMILES string of the molecule is Cc1cc(NC(=S)NCC2(c3ccccc3)CCOCC2)ncc1Br. The fourth-order valence-electron chi connectivity index (χ4n) is 3.14. The molecule has 4 nitrogen and oxygen atoms in total. The Hall–Kier alpha value is -1.50. The van der Waals surface area contributed by atoms with Gasteiger partial charge in [0.15, 0.2) is 5.11 Å². The molecule has 6 heteroatoms. The quantitative estimate of drug-likeness (QED) is 0.727. The first-order valence-electron chi connectivity index (χ1n) is 8.39. The third-order valence-electron chi connectivity index (χ3n) is 4.71. The molecule has 1 aromatic heterocycles. The number of nitrogens with one attached hydrogen (secondary N) is 2. The molecule has 1 saturated heterocycles. The monoisotopic (exact) mass is 419 g/mol. The second-order valence-corrected chi connectivity index (χ2v) is 7.65. The summed E-state index contributed by atoms with van der Waals surface area (Å²) >= 11 is 8.94. The lowest BCUT2D eigenvalue weighted by molar-refractivity contribution is 0.0515. The van der Waals surface area contributed by atoms with Crippen LogP contribution in [-0.2, 0) is 10.2 Å². The van der Waals surface area contributed by atoms with Crippen LogP contribution in [0.3, 0.4) is 0 Å². The van der Waals surface area contributed by atoms with Gasteiger partial charge in [0.25, 0.3) is 0 Å². The van der Waals surface area contributed by atoms with Gasteiger partial charge in [-0.25, -0.2) is 4.98 Å². The molecule has 1 aromatic carbocycles. The molecule has 0 aliphatic carbocycles. The zero-order chi connectivity index (χ0) is 17.7. The van der Waals surface area contributed by atoms with Crippen LogP contribution in [0.25, 0.3) is 0 Å². The molecule has 25 heavy (non-hydrogen) atoms. The van der Waals surface area contributed by atoms with Gasteiger partial charge in [0.2, 0.25) is 0 Å². The Morgan fingerprint density at radius 3 is 2.68 bits per heavy atom. The summed E-state index contributed by atoms with van der Waals surface area (Å²) in [5.41, 5.74) is 2.51.